The Kier molecular flexibility index (Phi) is 5.32. The van der Waals surface area contributed by atoms with E-state index in [-0.39, 0.29) is 5.02 Å². The van der Waals surface area contributed by atoms with Crippen molar-refractivity contribution >= 4 is 17.4 Å². The van der Waals surface area contributed by atoms with Gasteiger partial charge < -0.3 is 9.80 Å². The molecule has 0 atom stereocenters. The fourth-order valence-corrected chi connectivity index (χ4v) is 2.83. The van der Waals surface area contributed by atoms with Crippen molar-refractivity contribution in [3.63, 3.8) is 0 Å². The highest BCUT2D eigenvalue weighted by atomic mass is 35.5. The van der Waals surface area contributed by atoms with Gasteiger partial charge in [-0.2, -0.15) is 13.2 Å². The van der Waals surface area contributed by atoms with Crippen LogP contribution in [0, 0.1) is 0 Å². The van der Waals surface area contributed by atoms with E-state index < -0.39 is 11.7 Å². The molecule has 7 heteroatoms. The lowest BCUT2D eigenvalue weighted by Crippen LogP contribution is -2.31. The zero-order valence-corrected chi connectivity index (χ0v) is 12.7. The van der Waals surface area contributed by atoms with Crippen LogP contribution in [-0.4, -0.2) is 42.6 Å². The normalized spacial score (nSPS) is 17.9. The summed E-state index contributed by atoms with van der Waals surface area (Å²) in [4.78, 5) is 8.27. The van der Waals surface area contributed by atoms with Gasteiger partial charge in [0.25, 0.3) is 0 Å². The van der Waals surface area contributed by atoms with Crippen LogP contribution in [0.15, 0.2) is 12.3 Å². The van der Waals surface area contributed by atoms with E-state index in [4.69, 9.17) is 11.6 Å². The first kappa shape index (κ1) is 16.4. The highest BCUT2D eigenvalue weighted by Gasteiger charge is 2.32. The average molecular weight is 322 g/mol. The van der Waals surface area contributed by atoms with Gasteiger partial charge >= 0.3 is 6.18 Å². The van der Waals surface area contributed by atoms with Crippen molar-refractivity contribution < 1.29 is 13.2 Å². The molecule has 2 heterocycles. The Bertz CT molecular complexity index is 479. The van der Waals surface area contributed by atoms with E-state index in [1.165, 1.54) is 0 Å². The number of pyridine rings is 1. The van der Waals surface area contributed by atoms with Crippen molar-refractivity contribution in [2.24, 2.45) is 0 Å². The second kappa shape index (κ2) is 6.83. The molecule has 2 rings (SSSR count). The summed E-state index contributed by atoms with van der Waals surface area (Å²) >= 11 is 6.00. The zero-order chi connectivity index (χ0) is 15.5. The molecule has 1 fully saturated rings. The van der Waals surface area contributed by atoms with Gasteiger partial charge in [0, 0.05) is 25.8 Å². The van der Waals surface area contributed by atoms with Gasteiger partial charge in [-0.3, -0.25) is 0 Å². The third-order valence-electron chi connectivity index (χ3n) is 3.58. The number of nitrogens with zero attached hydrogens (tertiary/aromatic N) is 3. The summed E-state index contributed by atoms with van der Waals surface area (Å²) in [7, 11) is 0. The summed E-state index contributed by atoms with van der Waals surface area (Å²) in [5.41, 5.74) is -0.807. The number of halogens is 4. The number of hydrogen-bond donors (Lipinski definition) is 0. The van der Waals surface area contributed by atoms with E-state index in [1.807, 2.05) is 4.90 Å². The van der Waals surface area contributed by atoms with E-state index in [0.29, 0.717) is 5.82 Å². The minimum atomic E-state index is -4.41. The third kappa shape index (κ3) is 4.23. The molecule has 0 bridgehead atoms. The first-order valence-electron chi connectivity index (χ1n) is 7.12. The van der Waals surface area contributed by atoms with Gasteiger partial charge in [0.2, 0.25) is 0 Å². The predicted octanol–water partition coefficient (Wildman–Crippen LogP) is 3.68. The Balaban J connectivity index is 2.11. The maximum absolute atomic E-state index is 12.6. The van der Waals surface area contributed by atoms with Crippen LogP contribution in [0.3, 0.4) is 0 Å². The maximum atomic E-state index is 12.6. The largest absolute Gasteiger partial charge is 0.417 e. The molecule has 1 aliphatic rings. The van der Waals surface area contributed by atoms with Gasteiger partial charge in [-0.15, -0.1) is 0 Å². The fraction of sp³-hybridized carbons (Fsp3) is 0.643. The second-order valence-corrected chi connectivity index (χ2v) is 5.62. The molecule has 0 aliphatic carbocycles. The number of rotatable bonds is 3. The van der Waals surface area contributed by atoms with Crippen LogP contribution in [0.2, 0.25) is 5.02 Å². The number of hydrogen-bond acceptors (Lipinski definition) is 3. The summed E-state index contributed by atoms with van der Waals surface area (Å²) in [6.45, 7) is 6.56. The van der Waals surface area contributed by atoms with Crippen LogP contribution in [0.5, 0.6) is 0 Å². The second-order valence-electron chi connectivity index (χ2n) is 5.21. The molecule has 0 aromatic carbocycles. The lowest BCUT2D eigenvalue weighted by molar-refractivity contribution is -0.137. The molecular weight excluding hydrogens is 303 g/mol. The molecule has 1 saturated heterocycles. The first-order valence-corrected chi connectivity index (χ1v) is 7.49. The minimum absolute atomic E-state index is 0.0637. The monoisotopic (exact) mass is 321 g/mol. The van der Waals surface area contributed by atoms with Gasteiger partial charge in [0.15, 0.2) is 0 Å². The van der Waals surface area contributed by atoms with Crippen molar-refractivity contribution in [1.29, 1.82) is 0 Å². The number of anilines is 1. The summed E-state index contributed by atoms with van der Waals surface area (Å²) in [6.07, 6.45) is -1.50. The summed E-state index contributed by atoms with van der Waals surface area (Å²) in [6, 6.07) is 0.957. The summed E-state index contributed by atoms with van der Waals surface area (Å²) in [5.74, 6) is 0.447. The predicted molar refractivity (Wildman–Crippen MR) is 77.8 cm³/mol. The van der Waals surface area contributed by atoms with E-state index in [9.17, 15) is 13.2 Å². The minimum Gasteiger partial charge on any atom is -0.354 e. The Morgan fingerprint density at radius 2 is 2.00 bits per heavy atom. The lowest BCUT2D eigenvalue weighted by Gasteiger charge is -2.23. The molecule has 0 N–H and O–H groups in total. The zero-order valence-electron chi connectivity index (χ0n) is 12.0. The number of alkyl halides is 3. The van der Waals surface area contributed by atoms with Crippen LogP contribution in [-0.2, 0) is 6.18 Å². The highest BCUT2D eigenvalue weighted by Crippen LogP contribution is 2.33. The molecule has 0 unspecified atom stereocenters. The van der Waals surface area contributed by atoms with E-state index in [1.54, 1.807) is 0 Å². The molecular formula is C14H19ClF3N3. The highest BCUT2D eigenvalue weighted by molar-refractivity contribution is 6.33. The van der Waals surface area contributed by atoms with Crippen LogP contribution >= 0.6 is 11.6 Å². The molecule has 1 aromatic heterocycles. The van der Waals surface area contributed by atoms with Gasteiger partial charge in [-0.25, -0.2) is 4.98 Å². The van der Waals surface area contributed by atoms with Crippen molar-refractivity contribution in [3.8, 4) is 0 Å². The smallest absolute Gasteiger partial charge is 0.354 e. The first-order chi connectivity index (χ1) is 9.91. The molecule has 1 aliphatic heterocycles. The van der Waals surface area contributed by atoms with E-state index in [2.05, 4.69) is 16.8 Å². The van der Waals surface area contributed by atoms with Crippen LogP contribution < -0.4 is 4.90 Å². The Hall–Kier alpha value is -1.01. The third-order valence-corrected chi connectivity index (χ3v) is 3.86. The lowest BCUT2D eigenvalue weighted by atomic mass is 10.2. The van der Waals surface area contributed by atoms with Gasteiger partial charge in [-0.1, -0.05) is 18.5 Å². The van der Waals surface area contributed by atoms with Crippen molar-refractivity contribution in [2.75, 3.05) is 37.6 Å². The summed E-state index contributed by atoms with van der Waals surface area (Å²) < 4.78 is 37.9. The van der Waals surface area contributed by atoms with E-state index in [0.717, 1.165) is 57.8 Å². The summed E-state index contributed by atoms with van der Waals surface area (Å²) in [5, 5.41) is 0.0637. The SMILES string of the molecule is CCCN1CCCN(c2ncc(C(F)(F)F)cc2Cl)CC1. The molecule has 0 spiro atoms. The Morgan fingerprint density at radius 1 is 1.24 bits per heavy atom. The Labute approximate surface area is 127 Å². The van der Waals surface area contributed by atoms with Crippen LogP contribution in [0.4, 0.5) is 19.0 Å². The fourth-order valence-electron chi connectivity index (χ4n) is 2.54. The topological polar surface area (TPSA) is 19.4 Å². The van der Waals surface area contributed by atoms with Gasteiger partial charge in [-0.05, 0) is 32.0 Å². The van der Waals surface area contributed by atoms with E-state index >= 15 is 0 Å². The maximum Gasteiger partial charge on any atom is 0.417 e. The van der Waals surface area contributed by atoms with Crippen molar-refractivity contribution in [3.05, 3.63) is 22.8 Å². The van der Waals surface area contributed by atoms with Gasteiger partial charge in [0.1, 0.15) is 5.82 Å². The molecule has 0 saturated carbocycles. The molecule has 0 amide bonds. The standard InChI is InChI=1S/C14H19ClF3N3/c1-2-4-20-5-3-6-21(8-7-20)13-12(15)9-11(10-19-13)14(16,17)18/h9-10H,2-8H2,1H3. The molecule has 1 aromatic rings. The van der Waals surface area contributed by atoms with Crippen molar-refractivity contribution in [1.82, 2.24) is 9.88 Å². The van der Waals surface area contributed by atoms with Gasteiger partial charge in [0.05, 0.1) is 10.6 Å². The quantitative estimate of drug-likeness (QED) is 0.846. The molecule has 0 radical (unpaired) electrons. The molecule has 3 nitrogen and oxygen atoms in total. The van der Waals surface area contributed by atoms with Crippen LogP contribution in [0.25, 0.3) is 0 Å². The molecule has 21 heavy (non-hydrogen) atoms. The molecule has 118 valence electrons. The van der Waals surface area contributed by atoms with Crippen LogP contribution in [0.1, 0.15) is 25.3 Å². The van der Waals surface area contributed by atoms with Crippen molar-refractivity contribution in [2.45, 2.75) is 25.9 Å². The number of aromatic nitrogens is 1. The average Bonchev–Trinajstić information content (AvgIpc) is 2.64. The Morgan fingerprint density at radius 3 is 2.62 bits per heavy atom.